The average Bonchev–Trinajstić information content (AvgIpc) is 2.47. The summed E-state index contributed by atoms with van der Waals surface area (Å²) < 4.78 is 5.90. The minimum atomic E-state index is -0.603. The fourth-order valence-corrected chi connectivity index (χ4v) is 2.77. The molecule has 21 heavy (non-hydrogen) atoms. The summed E-state index contributed by atoms with van der Waals surface area (Å²) in [5.74, 6) is 0.445. The third-order valence-electron chi connectivity index (χ3n) is 3.48. The van der Waals surface area contributed by atoms with Crippen LogP contribution in [0, 0.1) is 0 Å². The maximum absolute atomic E-state index is 11.6. The minimum absolute atomic E-state index is 0.201. The van der Waals surface area contributed by atoms with Crippen molar-refractivity contribution in [2.75, 3.05) is 11.9 Å². The second-order valence-corrected chi connectivity index (χ2v) is 5.31. The second-order valence-electron chi connectivity index (χ2n) is 4.90. The van der Waals surface area contributed by atoms with Gasteiger partial charge in [0.2, 0.25) is 0 Å². The number of hydrogen-bond donors (Lipinski definition) is 2. The van der Waals surface area contributed by atoms with E-state index in [1.54, 1.807) is 18.2 Å². The third kappa shape index (κ3) is 2.67. The van der Waals surface area contributed by atoms with Gasteiger partial charge in [-0.05, 0) is 36.6 Å². The van der Waals surface area contributed by atoms with Crippen LogP contribution in [0.5, 0.6) is 11.5 Å². The van der Waals surface area contributed by atoms with Gasteiger partial charge >= 0.3 is 0 Å². The number of benzene rings is 2. The first-order valence-corrected chi connectivity index (χ1v) is 7.16. The molecule has 1 aliphatic heterocycles. The van der Waals surface area contributed by atoms with E-state index in [-0.39, 0.29) is 10.6 Å². The van der Waals surface area contributed by atoms with Crippen LogP contribution in [0.1, 0.15) is 22.3 Å². The van der Waals surface area contributed by atoms with Crippen molar-refractivity contribution in [3.63, 3.8) is 0 Å². The van der Waals surface area contributed by atoms with E-state index < -0.39 is 5.91 Å². The van der Waals surface area contributed by atoms with Gasteiger partial charge < -0.3 is 15.8 Å². The Morgan fingerprint density at radius 1 is 1.19 bits per heavy atom. The molecule has 0 spiro atoms. The lowest BCUT2D eigenvalue weighted by Crippen LogP contribution is -2.14. The number of ether oxygens (including phenoxy) is 1. The quantitative estimate of drug-likeness (QED) is 0.910. The molecular weight excluding hydrogens is 288 g/mol. The Kier molecular flexibility index (Phi) is 3.71. The van der Waals surface area contributed by atoms with Gasteiger partial charge in [0.25, 0.3) is 5.91 Å². The first-order valence-electron chi connectivity index (χ1n) is 6.79. The second kappa shape index (κ2) is 5.66. The normalized spacial score (nSPS) is 13.2. The van der Waals surface area contributed by atoms with Gasteiger partial charge in [-0.2, -0.15) is 0 Å². The van der Waals surface area contributed by atoms with Gasteiger partial charge in [0.15, 0.2) is 5.75 Å². The highest BCUT2D eigenvalue weighted by Gasteiger charge is 2.18. The fourth-order valence-electron chi connectivity index (χ4n) is 2.51. The molecule has 0 aliphatic carbocycles. The van der Waals surface area contributed by atoms with Crippen LogP contribution in [0.15, 0.2) is 36.4 Å². The number of halogens is 1. The molecule has 2 aromatic rings. The molecule has 1 heterocycles. The van der Waals surface area contributed by atoms with Gasteiger partial charge in [0, 0.05) is 6.54 Å². The Morgan fingerprint density at radius 2 is 1.95 bits per heavy atom. The smallest absolute Gasteiger partial charge is 0.254 e. The number of primary amides is 1. The molecule has 0 unspecified atom stereocenters. The zero-order valence-corrected chi connectivity index (χ0v) is 12.1. The third-order valence-corrected chi connectivity index (χ3v) is 3.79. The number of hydrogen-bond acceptors (Lipinski definition) is 3. The summed E-state index contributed by atoms with van der Waals surface area (Å²) in [6, 6.07) is 10.9. The van der Waals surface area contributed by atoms with Crippen LogP contribution in [0.25, 0.3) is 0 Å². The van der Waals surface area contributed by atoms with E-state index in [1.165, 1.54) is 5.56 Å². The summed E-state index contributed by atoms with van der Waals surface area (Å²) >= 11 is 6.04. The van der Waals surface area contributed by atoms with Crippen molar-refractivity contribution in [3.05, 3.63) is 52.5 Å². The standard InChI is InChI=1S/C16H15ClN2O2/c17-11-6-2-7-12(14(11)16(18)20)21-13-8-1-4-10-5-3-9-19-15(10)13/h1-2,4,6-8,19H,3,5,9H2,(H2,18,20). The number of carbonyl (C=O) groups is 1. The van der Waals surface area contributed by atoms with Gasteiger partial charge in [-0.1, -0.05) is 29.8 Å². The molecule has 4 nitrogen and oxygen atoms in total. The SMILES string of the molecule is NC(=O)c1c(Cl)cccc1Oc1cccc2c1NCCC2. The number of para-hydroxylation sites is 1. The first-order chi connectivity index (χ1) is 10.2. The lowest BCUT2D eigenvalue weighted by Gasteiger charge is -2.21. The van der Waals surface area contributed by atoms with Crippen LogP contribution in [0.3, 0.4) is 0 Å². The number of aryl methyl sites for hydroxylation is 1. The Bertz CT molecular complexity index is 701. The lowest BCUT2D eigenvalue weighted by atomic mass is 10.0. The molecule has 3 rings (SSSR count). The number of carbonyl (C=O) groups excluding carboxylic acids is 1. The van der Waals surface area contributed by atoms with Crippen molar-refractivity contribution < 1.29 is 9.53 Å². The molecule has 2 aromatic carbocycles. The van der Waals surface area contributed by atoms with Crippen LogP contribution >= 0.6 is 11.6 Å². The van der Waals surface area contributed by atoms with E-state index >= 15 is 0 Å². The molecule has 0 fully saturated rings. The number of fused-ring (bicyclic) bond motifs is 1. The molecule has 0 radical (unpaired) electrons. The van der Waals surface area contributed by atoms with Crippen LogP contribution in [-0.4, -0.2) is 12.5 Å². The molecule has 0 bridgehead atoms. The molecule has 1 aliphatic rings. The van der Waals surface area contributed by atoms with Gasteiger partial charge in [0.1, 0.15) is 11.3 Å². The number of amides is 1. The molecule has 0 atom stereocenters. The first kappa shape index (κ1) is 13.8. The van der Waals surface area contributed by atoms with E-state index in [9.17, 15) is 4.79 Å². The van der Waals surface area contributed by atoms with E-state index in [1.807, 2.05) is 12.1 Å². The number of anilines is 1. The Labute approximate surface area is 127 Å². The van der Waals surface area contributed by atoms with Gasteiger partial charge in [-0.15, -0.1) is 0 Å². The predicted octanol–water partition coefficient (Wildman–Crippen LogP) is 3.59. The van der Waals surface area contributed by atoms with Crippen molar-refractivity contribution in [3.8, 4) is 11.5 Å². The summed E-state index contributed by atoms with van der Waals surface area (Å²) in [4.78, 5) is 11.6. The summed E-state index contributed by atoms with van der Waals surface area (Å²) in [5, 5.41) is 3.63. The van der Waals surface area contributed by atoms with E-state index in [4.69, 9.17) is 22.1 Å². The summed E-state index contributed by atoms with van der Waals surface area (Å²) in [6.45, 7) is 0.908. The monoisotopic (exact) mass is 302 g/mol. The number of rotatable bonds is 3. The largest absolute Gasteiger partial charge is 0.454 e. The highest BCUT2D eigenvalue weighted by Crippen LogP contribution is 2.37. The summed E-state index contributed by atoms with van der Waals surface area (Å²) in [7, 11) is 0. The number of nitrogens with two attached hydrogens (primary N) is 1. The zero-order valence-electron chi connectivity index (χ0n) is 11.4. The van der Waals surface area contributed by atoms with Gasteiger partial charge in [-0.25, -0.2) is 0 Å². The topological polar surface area (TPSA) is 64.4 Å². The Hall–Kier alpha value is -2.20. The lowest BCUT2D eigenvalue weighted by molar-refractivity contribution is 0.0998. The van der Waals surface area contributed by atoms with Crippen LogP contribution in [0.2, 0.25) is 5.02 Å². The molecule has 0 aromatic heterocycles. The molecule has 0 saturated heterocycles. The van der Waals surface area contributed by atoms with E-state index in [0.717, 1.165) is 25.1 Å². The molecule has 5 heteroatoms. The van der Waals surface area contributed by atoms with Crippen LogP contribution in [-0.2, 0) is 6.42 Å². The number of nitrogens with one attached hydrogen (secondary N) is 1. The van der Waals surface area contributed by atoms with Crippen LogP contribution < -0.4 is 15.8 Å². The Balaban J connectivity index is 2.02. The predicted molar refractivity (Wildman–Crippen MR) is 83.3 cm³/mol. The van der Waals surface area contributed by atoms with Crippen molar-refractivity contribution in [1.29, 1.82) is 0 Å². The van der Waals surface area contributed by atoms with Crippen molar-refractivity contribution in [2.24, 2.45) is 5.73 Å². The molecule has 1 amide bonds. The minimum Gasteiger partial charge on any atom is -0.454 e. The highest BCUT2D eigenvalue weighted by molar-refractivity contribution is 6.34. The maximum Gasteiger partial charge on any atom is 0.254 e. The summed E-state index contributed by atoms with van der Waals surface area (Å²) in [5.41, 5.74) is 7.77. The average molecular weight is 303 g/mol. The van der Waals surface area contributed by atoms with Crippen molar-refractivity contribution >= 4 is 23.2 Å². The molecular formula is C16H15ClN2O2. The molecule has 108 valence electrons. The van der Waals surface area contributed by atoms with Gasteiger partial charge in [-0.3, -0.25) is 4.79 Å². The van der Waals surface area contributed by atoms with Crippen LogP contribution in [0.4, 0.5) is 5.69 Å². The zero-order chi connectivity index (χ0) is 14.8. The summed E-state index contributed by atoms with van der Waals surface area (Å²) in [6.07, 6.45) is 2.11. The van der Waals surface area contributed by atoms with E-state index in [2.05, 4.69) is 11.4 Å². The highest BCUT2D eigenvalue weighted by atomic mass is 35.5. The van der Waals surface area contributed by atoms with Crippen molar-refractivity contribution in [2.45, 2.75) is 12.8 Å². The van der Waals surface area contributed by atoms with Gasteiger partial charge in [0.05, 0.1) is 10.7 Å². The molecule has 0 saturated carbocycles. The fraction of sp³-hybridized carbons (Fsp3) is 0.188. The van der Waals surface area contributed by atoms with Crippen molar-refractivity contribution in [1.82, 2.24) is 0 Å². The molecule has 3 N–H and O–H groups in total. The Morgan fingerprint density at radius 3 is 2.76 bits per heavy atom. The van der Waals surface area contributed by atoms with E-state index in [0.29, 0.717) is 11.5 Å². The maximum atomic E-state index is 11.6.